The zero-order valence-corrected chi connectivity index (χ0v) is 11.1. The van der Waals surface area contributed by atoms with Crippen LogP contribution in [0.25, 0.3) is 0 Å². The Kier molecular flexibility index (Phi) is 3.77. The molecule has 0 aliphatic carbocycles. The van der Waals surface area contributed by atoms with E-state index in [1.807, 2.05) is 18.2 Å². The van der Waals surface area contributed by atoms with Crippen LogP contribution in [0.4, 0.5) is 0 Å². The van der Waals surface area contributed by atoms with Crippen molar-refractivity contribution in [3.63, 3.8) is 0 Å². The molecule has 1 atom stereocenters. The van der Waals surface area contributed by atoms with Gasteiger partial charge in [0, 0.05) is 18.0 Å². The van der Waals surface area contributed by atoms with Gasteiger partial charge in [-0.05, 0) is 18.2 Å². The number of hydrogen-bond acceptors (Lipinski definition) is 5. The highest BCUT2D eigenvalue weighted by Gasteiger charge is 2.26. The molecule has 1 amide bonds. The molecule has 2 heterocycles. The molecule has 0 saturated carbocycles. The lowest BCUT2D eigenvalue weighted by Gasteiger charge is -2.24. The number of nitrogens with one attached hydrogen (secondary N) is 1. The maximum absolute atomic E-state index is 12.0. The van der Waals surface area contributed by atoms with Gasteiger partial charge in [0.05, 0.1) is 6.21 Å². The number of fused-ring (bicyclic) bond motifs is 1. The number of benzene rings is 1. The second-order valence-corrected chi connectivity index (χ2v) is 4.38. The van der Waals surface area contributed by atoms with E-state index in [-0.39, 0.29) is 12.5 Å². The molecule has 0 unspecified atom stereocenters. The predicted octanol–water partition coefficient (Wildman–Crippen LogP) is 1.37. The van der Waals surface area contributed by atoms with Crippen LogP contribution in [0.3, 0.4) is 0 Å². The number of para-hydroxylation sites is 2. The third kappa shape index (κ3) is 3.17. The molecule has 0 fully saturated rings. The fourth-order valence-electron chi connectivity index (χ4n) is 1.84. The van der Waals surface area contributed by atoms with Gasteiger partial charge in [-0.1, -0.05) is 18.2 Å². The fourth-order valence-corrected chi connectivity index (χ4v) is 1.84. The summed E-state index contributed by atoms with van der Waals surface area (Å²) >= 11 is 0. The zero-order valence-electron chi connectivity index (χ0n) is 11.1. The predicted molar refractivity (Wildman–Crippen MR) is 76.3 cm³/mol. The van der Waals surface area contributed by atoms with E-state index in [9.17, 15) is 4.79 Å². The third-order valence-electron chi connectivity index (χ3n) is 2.87. The number of aromatic nitrogens is 1. The van der Waals surface area contributed by atoms with E-state index in [0.29, 0.717) is 11.5 Å². The topological polar surface area (TPSA) is 72.8 Å². The molecule has 6 nitrogen and oxygen atoms in total. The van der Waals surface area contributed by atoms with Gasteiger partial charge >= 0.3 is 0 Å². The van der Waals surface area contributed by atoms with Gasteiger partial charge in [-0.3, -0.25) is 9.78 Å². The molecule has 21 heavy (non-hydrogen) atoms. The first kappa shape index (κ1) is 13.1. The summed E-state index contributed by atoms with van der Waals surface area (Å²) in [6, 6.07) is 10.8. The van der Waals surface area contributed by atoms with Crippen molar-refractivity contribution in [2.75, 3.05) is 6.61 Å². The Balaban J connectivity index is 1.59. The van der Waals surface area contributed by atoms with Gasteiger partial charge in [-0.2, -0.15) is 5.10 Å². The molecule has 0 saturated heterocycles. The second kappa shape index (κ2) is 6.04. The highest BCUT2D eigenvalue weighted by atomic mass is 16.6. The first-order chi connectivity index (χ1) is 10.3. The Morgan fingerprint density at radius 1 is 1.29 bits per heavy atom. The van der Waals surface area contributed by atoms with Gasteiger partial charge in [0.2, 0.25) is 6.10 Å². The summed E-state index contributed by atoms with van der Waals surface area (Å²) < 4.78 is 11.0. The van der Waals surface area contributed by atoms with Crippen LogP contribution in [0.1, 0.15) is 5.56 Å². The van der Waals surface area contributed by atoms with Crippen molar-refractivity contribution >= 4 is 12.1 Å². The number of hydrogen-bond donors (Lipinski definition) is 1. The standard InChI is InChI=1S/C15H13N3O3/c19-15(18-17-9-11-4-3-7-16-8-11)14-10-20-12-5-1-2-6-13(12)21-14/h1-9,14H,10H2,(H,18,19)/t14-/m0/s1. The van der Waals surface area contributed by atoms with E-state index in [4.69, 9.17) is 9.47 Å². The molecule has 6 heteroatoms. The molecule has 1 N–H and O–H groups in total. The summed E-state index contributed by atoms with van der Waals surface area (Å²) in [5.41, 5.74) is 3.22. The van der Waals surface area contributed by atoms with E-state index < -0.39 is 6.10 Å². The summed E-state index contributed by atoms with van der Waals surface area (Å²) in [5.74, 6) is 0.838. The Hall–Kier alpha value is -2.89. The van der Waals surface area contributed by atoms with Crippen molar-refractivity contribution < 1.29 is 14.3 Å². The van der Waals surface area contributed by atoms with Crippen LogP contribution >= 0.6 is 0 Å². The third-order valence-corrected chi connectivity index (χ3v) is 2.87. The van der Waals surface area contributed by atoms with Gasteiger partial charge in [-0.25, -0.2) is 5.43 Å². The van der Waals surface area contributed by atoms with Crippen LogP contribution in [0.15, 0.2) is 53.9 Å². The molecular formula is C15H13N3O3. The Morgan fingerprint density at radius 2 is 2.14 bits per heavy atom. The van der Waals surface area contributed by atoms with Gasteiger partial charge in [0.25, 0.3) is 5.91 Å². The SMILES string of the molecule is O=C(NN=Cc1cccnc1)[C@@H]1COc2ccccc2O1. The molecule has 0 bridgehead atoms. The molecule has 1 aliphatic rings. The molecule has 1 aromatic carbocycles. The summed E-state index contributed by atoms with van der Waals surface area (Å²) in [6.45, 7) is 0.158. The van der Waals surface area contributed by atoms with Gasteiger partial charge in [0.15, 0.2) is 11.5 Å². The van der Waals surface area contributed by atoms with Crippen LogP contribution in [-0.2, 0) is 4.79 Å². The number of carbonyl (C=O) groups excluding carboxylic acids is 1. The van der Waals surface area contributed by atoms with Crippen molar-refractivity contribution in [1.29, 1.82) is 0 Å². The zero-order chi connectivity index (χ0) is 14.5. The van der Waals surface area contributed by atoms with E-state index in [2.05, 4.69) is 15.5 Å². The van der Waals surface area contributed by atoms with Crippen LogP contribution in [0.5, 0.6) is 11.5 Å². The number of ether oxygens (including phenoxy) is 2. The largest absolute Gasteiger partial charge is 0.485 e. The number of rotatable bonds is 3. The number of hydrazone groups is 1. The van der Waals surface area contributed by atoms with E-state index >= 15 is 0 Å². The first-order valence-electron chi connectivity index (χ1n) is 6.44. The van der Waals surface area contributed by atoms with Crippen molar-refractivity contribution in [2.45, 2.75) is 6.10 Å². The fraction of sp³-hybridized carbons (Fsp3) is 0.133. The lowest BCUT2D eigenvalue weighted by Crippen LogP contribution is -2.42. The smallest absolute Gasteiger partial charge is 0.284 e. The minimum atomic E-state index is -0.717. The summed E-state index contributed by atoms with van der Waals surface area (Å²) in [5, 5.41) is 3.87. The molecule has 3 rings (SSSR count). The second-order valence-electron chi connectivity index (χ2n) is 4.38. The lowest BCUT2D eigenvalue weighted by molar-refractivity contribution is -0.130. The highest BCUT2D eigenvalue weighted by Crippen LogP contribution is 2.30. The van der Waals surface area contributed by atoms with E-state index in [1.54, 1.807) is 30.6 Å². The number of amides is 1. The lowest BCUT2D eigenvalue weighted by atomic mass is 10.2. The Labute approximate surface area is 121 Å². The van der Waals surface area contributed by atoms with E-state index in [1.165, 1.54) is 6.21 Å². The normalized spacial score (nSPS) is 16.7. The maximum atomic E-state index is 12.0. The Bertz CT molecular complexity index is 658. The summed E-state index contributed by atoms with van der Waals surface area (Å²) in [4.78, 5) is 15.9. The van der Waals surface area contributed by atoms with Gasteiger partial charge < -0.3 is 9.47 Å². The van der Waals surface area contributed by atoms with Crippen molar-refractivity contribution in [1.82, 2.24) is 10.4 Å². The molecule has 0 spiro atoms. The molecule has 106 valence electrons. The van der Waals surface area contributed by atoms with Crippen molar-refractivity contribution in [3.8, 4) is 11.5 Å². The summed E-state index contributed by atoms with van der Waals surface area (Å²) in [6.07, 6.45) is 4.11. The van der Waals surface area contributed by atoms with Crippen molar-refractivity contribution in [3.05, 3.63) is 54.4 Å². The van der Waals surface area contributed by atoms with Crippen LogP contribution in [-0.4, -0.2) is 29.8 Å². The van der Waals surface area contributed by atoms with Gasteiger partial charge in [0.1, 0.15) is 6.61 Å². The van der Waals surface area contributed by atoms with Gasteiger partial charge in [-0.15, -0.1) is 0 Å². The summed E-state index contributed by atoms with van der Waals surface area (Å²) in [7, 11) is 0. The van der Waals surface area contributed by atoms with Crippen molar-refractivity contribution in [2.24, 2.45) is 5.10 Å². The quantitative estimate of drug-likeness (QED) is 0.682. The minimum absolute atomic E-state index is 0.158. The molecular weight excluding hydrogens is 270 g/mol. The Morgan fingerprint density at radius 3 is 2.95 bits per heavy atom. The monoisotopic (exact) mass is 283 g/mol. The number of carbonyl (C=O) groups is 1. The average Bonchev–Trinajstić information content (AvgIpc) is 2.55. The first-order valence-corrected chi connectivity index (χ1v) is 6.44. The molecule has 1 aromatic heterocycles. The maximum Gasteiger partial charge on any atom is 0.284 e. The van der Waals surface area contributed by atoms with Crippen LogP contribution in [0.2, 0.25) is 0 Å². The molecule has 0 radical (unpaired) electrons. The highest BCUT2D eigenvalue weighted by molar-refractivity contribution is 5.84. The molecule has 1 aliphatic heterocycles. The minimum Gasteiger partial charge on any atom is -0.485 e. The molecule has 2 aromatic rings. The number of pyridine rings is 1. The van der Waals surface area contributed by atoms with Crippen LogP contribution in [0, 0.1) is 0 Å². The van der Waals surface area contributed by atoms with E-state index in [0.717, 1.165) is 5.56 Å². The number of nitrogens with zero attached hydrogens (tertiary/aromatic N) is 2. The average molecular weight is 283 g/mol. The van der Waals surface area contributed by atoms with Crippen LogP contribution < -0.4 is 14.9 Å².